The average Bonchev–Trinajstić information content (AvgIpc) is 3.12. The molecule has 0 atom stereocenters. The van der Waals surface area contributed by atoms with E-state index in [0.29, 0.717) is 40.7 Å². The van der Waals surface area contributed by atoms with Gasteiger partial charge in [-0.05, 0) is 35.7 Å². The smallest absolute Gasteiger partial charge is 0.262 e. The molecule has 0 aliphatic carbocycles. The summed E-state index contributed by atoms with van der Waals surface area (Å²) >= 11 is 7.25. The first kappa shape index (κ1) is 18.4. The molecular formula is C18H18ClN3O3S. The van der Waals surface area contributed by atoms with Gasteiger partial charge in [0.1, 0.15) is 17.2 Å². The lowest BCUT2D eigenvalue weighted by atomic mass is 10.3. The Morgan fingerprint density at radius 2 is 2.08 bits per heavy atom. The van der Waals surface area contributed by atoms with E-state index in [-0.39, 0.29) is 17.9 Å². The Balaban J connectivity index is 1.48. The number of fused-ring (bicyclic) bond motifs is 1. The summed E-state index contributed by atoms with van der Waals surface area (Å²) < 4.78 is 7.06. The fourth-order valence-corrected chi connectivity index (χ4v) is 3.26. The van der Waals surface area contributed by atoms with Gasteiger partial charge in [0.2, 0.25) is 5.91 Å². The molecule has 136 valence electrons. The Kier molecular flexibility index (Phi) is 5.90. The largest absolute Gasteiger partial charge is 0.492 e. The maximum atomic E-state index is 12.3. The van der Waals surface area contributed by atoms with Crippen LogP contribution in [0.5, 0.6) is 5.75 Å². The van der Waals surface area contributed by atoms with Crippen LogP contribution in [0.1, 0.15) is 6.42 Å². The normalized spacial score (nSPS) is 10.8. The van der Waals surface area contributed by atoms with Crippen LogP contribution in [0, 0.1) is 0 Å². The minimum Gasteiger partial charge on any atom is -0.492 e. The molecule has 0 aliphatic heterocycles. The number of hydrogen-bond acceptors (Lipinski definition) is 5. The zero-order valence-electron chi connectivity index (χ0n) is 14.2. The van der Waals surface area contributed by atoms with Gasteiger partial charge in [-0.2, -0.15) is 0 Å². The second-order valence-electron chi connectivity index (χ2n) is 5.75. The quantitative estimate of drug-likeness (QED) is 0.621. The van der Waals surface area contributed by atoms with Crippen molar-refractivity contribution in [1.82, 2.24) is 14.5 Å². The summed E-state index contributed by atoms with van der Waals surface area (Å²) in [6.07, 6.45) is 1.73. The van der Waals surface area contributed by atoms with Crippen LogP contribution in [-0.2, 0) is 11.3 Å². The highest BCUT2D eigenvalue weighted by Gasteiger charge is 2.11. The molecule has 0 unspecified atom stereocenters. The number of aromatic nitrogens is 2. The Morgan fingerprint density at radius 3 is 2.85 bits per heavy atom. The van der Waals surface area contributed by atoms with Gasteiger partial charge in [0, 0.05) is 25.0 Å². The van der Waals surface area contributed by atoms with E-state index < -0.39 is 0 Å². The Labute approximate surface area is 159 Å². The summed E-state index contributed by atoms with van der Waals surface area (Å²) in [5.41, 5.74) is -0.113. The third-order valence-corrected chi connectivity index (χ3v) is 5.02. The zero-order valence-corrected chi connectivity index (χ0v) is 15.8. The number of hydrogen-bond donors (Lipinski definition) is 0. The third kappa shape index (κ3) is 4.42. The van der Waals surface area contributed by atoms with Crippen molar-refractivity contribution in [2.24, 2.45) is 0 Å². The molecule has 3 rings (SSSR count). The molecule has 26 heavy (non-hydrogen) atoms. The maximum absolute atomic E-state index is 12.3. The van der Waals surface area contributed by atoms with Gasteiger partial charge in [0.15, 0.2) is 0 Å². The number of thiophene rings is 1. The van der Waals surface area contributed by atoms with E-state index in [1.54, 1.807) is 42.3 Å². The number of benzene rings is 1. The summed E-state index contributed by atoms with van der Waals surface area (Å²) in [4.78, 5) is 31.1. The van der Waals surface area contributed by atoms with Gasteiger partial charge in [0.05, 0.1) is 18.3 Å². The van der Waals surface area contributed by atoms with Crippen LogP contribution >= 0.6 is 22.9 Å². The molecule has 2 heterocycles. The highest BCUT2D eigenvalue weighted by Crippen LogP contribution is 2.15. The van der Waals surface area contributed by atoms with E-state index in [4.69, 9.17) is 16.3 Å². The average molecular weight is 392 g/mol. The van der Waals surface area contributed by atoms with E-state index in [2.05, 4.69) is 4.98 Å². The Bertz CT molecular complexity index is 952. The Morgan fingerprint density at radius 1 is 1.31 bits per heavy atom. The van der Waals surface area contributed by atoms with Crippen LogP contribution < -0.4 is 10.3 Å². The van der Waals surface area contributed by atoms with E-state index in [1.165, 1.54) is 22.2 Å². The second-order valence-corrected chi connectivity index (χ2v) is 7.08. The van der Waals surface area contributed by atoms with Gasteiger partial charge in [-0.25, -0.2) is 4.98 Å². The molecule has 8 heteroatoms. The molecule has 1 amide bonds. The van der Waals surface area contributed by atoms with Gasteiger partial charge < -0.3 is 9.64 Å². The molecule has 0 bridgehead atoms. The first-order chi connectivity index (χ1) is 12.5. The summed E-state index contributed by atoms with van der Waals surface area (Å²) in [5.74, 6) is 0.652. The third-order valence-electron chi connectivity index (χ3n) is 3.95. The SMILES string of the molecule is CN(CCOc1ccc(Cl)cc1)C(=O)CCn1cnc2sccc2c1=O. The Hall–Kier alpha value is -2.38. The van der Waals surface area contributed by atoms with Gasteiger partial charge in [0.25, 0.3) is 5.56 Å². The molecule has 0 saturated heterocycles. The fraction of sp³-hybridized carbons (Fsp3) is 0.278. The lowest BCUT2D eigenvalue weighted by Crippen LogP contribution is -2.32. The van der Waals surface area contributed by atoms with Crippen molar-refractivity contribution in [3.05, 3.63) is 57.4 Å². The summed E-state index contributed by atoms with van der Waals surface area (Å²) in [7, 11) is 1.72. The van der Waals surface area contributed by atoms with Crippen molar-refractivity contribution >= 4 is 39.1 Å². The van der Waals surface area contributed by atoms with Gasteiger partial charge in [-0.1, -0.05) is 11.6 Å². The number of ether oxygens (including phenoxy) is 1. The summed E-state index contributed by atoms with van der Waals surface area (Å²) in [6.45, 7) is 1.14. The van der Waals surface area contributed by atoms with Crippen LogP contribution in [-0.4, -0.2) is 40.6 Å². The first-order valence-electron chi connectivity index (χ1n) is 8.09. The zero-order chi connectivity index (χ0) is 18.5. The summed E-state index contributed by atoms with van der Waals surface area (Å²) in [6, 6.07) is 8.83. The predicted octanol–water partition coefficient (Wildman–Crippen LogP) is 3.04. The minimum absolute atomic E-state index is 0.0537. The number of halogens is 1. The van der Waals surface area contributed by atoms with E-state index in [1.807, 2.05) is 5.38 Å². The van der Waals surface area contributed by atoms with E-state index >= 15 is 0 Å². The number of nitrogens with zero attached hydrogens (tertiary/aromatic N) is 3. The lowest BCUT2D eigenvalue weighted by molar-refractivity contribution is -0.130. The van der Waals surface area contributed by atoms with Gasteiger partial charge in [-0.3, -0.25) is 14.2 Å². The van der Waals surface area contributed by atoms with Crippen molar-refractivity contribution in [3.8, 4) is 5.75 Å². The monoisotopic (exact) mass is 391 g/mol. The maximum Gasteiger partial charge on any atom is 0.262 e. The topological polar surface area (TPSA) is 64.4 Å². The molecule has 3 aromatic rings. The number of carbonyl (C=O) groups is 1. The molecule has 1 aromatic carbocycles. The number of carbonyl (C=O) groups excluding carboxylic acids is 1. The number of aryl methyl sites for hydroxylation is 1. The van der Waals surface area contributed by atoms with Crippen LogP contribution in [0.2, 0.25) is 5.02 Å². The van der Waals surface area contributed by atoms with Crippen molar-refractivity contribution in [3.63, 3.8) is 0 Å². The fourth-order valence-electron chi connectivity index (χ4n) is 2.42. The summed E-state index contributed by atoms with van der Waals surface area (Å²) in [5, 5.41) is 3.08. The molecule has 6 nitrogen and oxygen atoms in total. The lowest BCUT2D eigenvalue weighted by Gasteiger charge is -2.17. The number of amides is 1. The molecule has 2 aromatic heterocycles. The molecule has 0 radical (unpaired) electrons. The molecule has 0 N–H and O–H groups in total. The van der Waals surface area contributed by atoms with Gasteiger partial charge >= 0.3 is 0 Å². The molecular weight excluding hydrogens is 374 g/mol. The van der Waals surface area contributed by atoms with E-state index in [0.717, 1.165) is 0 Å². The van der Waals surface area contributed by atoms with Crippen LogP contribution in [0.4, 0.5) is 0 Å². The number of rotatable bonds is 7. The molecule has 0 fully saturated rings. The first-order valence-corrected chi connectivity index (χ1v) is 9.35. The highest BCUT2D eigenvalue weighted by molar-refractivity contribution is 7.16. The molecule has 0 aliphatic rings. The second kappa shape index (κ2) is 8.33. The predicted molar refractivity (Wildman–Crippen MR) is 103 cm³/mol. The van der Waals surface area contributed by atoms with Crippen LogP contribution in [0.3, 0.4) is 0 Å². The molecule has 0 spiro atoms. The highest BCUT2D eigenvalue weighted by atomic mass is 35.5. The van der Waals surface area contributed by atoms with E-state index in [9.17, 15) is 9.59 Å². The minimum atomic E-state index is -0.113. The van der Waals surface area contributed by atoms with Gasteiger partial charge in [-0.15, -0.1) is 11.3 Å². The van der Waals surface area contributed by atoms with Crippen LogP contribution in [0.25, 0.3) is 10.2 Å². The molecule has 0 saturated carbocycles. The number of likely N-dealkylation sites (N-methyl/N-ethyl adjacent to an activating group) is 1. The van der Waals surface area contributed by atoms with Crippen molar-refractivity contribution in [2.75, 3.05) is 20.2 Å². The van der Waals surface area contributed by atoms with Crippen molar-refractivity contribution < 1.29 is 9.53 Å². The van der Waals surface area contributed by atoms with Crippen molar-refractivity contribution in [2.45, 2.75) is 13.0 Å². The van der Waals surface area contributed by atoms with Crippen molar-refractivity contribution in [1.29, 1.82) is 0 Å². The standard InChI is InChI=1S/C18H18ClN3O3S/c1-21(9-10-25-14-4-2-13(19)3-5-14)16(23)6-8-22-12-20-17-15(18(22)24)7-11-26-17/h2-5,7,11-12H,6,8-10H2,1H3. The van der Waals surface area contributed by atoms with Crippen LogP contribution in [0.15, 0.2) is 46.8 Å².